The van der Waals surface area contributed by atoms with Crippen LogP contribution in [0.1, 0.15) is 17.5 Å². The van der Waals surface area contributed by atoms with Crippen molar-refractivity contribution in [3.8, 4) is 11.5 Å². The van der Waals surface area contributed by atoms with Crippen LogP contribution < -0.4 is 19.5 Å². The Labute approximate surface area is 158 Å². The number of rotatable bonds is 6. The third-order valence-electron chi connectivity index (χ3n) is 4.28. The van der Waals surface area contributed by atoms with Crippen LogP contribution in [0.25, 0.3) is 0 Å². The van der Waals surface area contributed by atoms with E-state index in [0.29, 0.717) is 42.4 Å². The van der Waals surface area contributed by atoms with Gasteiger partial charge in [-0.25, -0.2) is 13.1 Å². The Hall–Kier alpha value is -2.58. The number of aryl methyl sites for hydroxylation is 2. The van der Waals surface area contributed by atoms with E-state index in [0.717, 1.165) is 5.56 Å². The third kappa shape index (κ3) is 4.58. The number of sulfonamides is 1. The highest BCUT2D eigenvalue weighted by Crippen LogP contribution is 2.31. The van der Waals surface area contributed by atoms with E-state index in [1.165, 1.54) is 13.1 Å². The van der Waals surface area contributed by atoms with Gasteiger partial charge in [-0.1, -0.05) is 12.1 Å². The fourth-order valence-electron chi connectivity index (χ4n) is 2.80. The molecule has 0 unspecified atom stereocenters. The molecule has 0 saturated heterocycles. The molecule has 0 atom stereocenters. The van der Waals surface area contributed by atoms with Crippen LogP contribution in [0.3, 0.4) is 0 Å². The maximum Gasteiger partial charge on any atom is 0.240 e. The first-order valence-corrected chi connectivity index (χ1v) is 10.1. The van der Waals surface area contributed by atoms with Crippen molar-refractivity contribution in [3.63, 3.8) is 0 Å². The molecule has 8 heteroatoms. The molecule has 1 aliphatic heterocycles. The van der Waals surface area contributed by atoms with E-state index in [1.54, 1.807) is 19.1 Å². The van der Waals surface area contributed by atoms with Crippen molar-refractivity contribution < 1.29 is 22.7 Å². The van der Waals surface area contributed by atoms with Gasteiger partial charge in [0.1, 0.15) is 13.2 Å². The second kappa shape index (κ2) is 7.98. The molecule has 0 fully saturated rings. The number of hydrogen-bond donors (Lipinski definition) is 2. The molecule has 1 aliphatic rings. The van der Waals surface area contributed by atoms with Gasteiger partial charge in [0.15, 0.2) is 11.5 Å². The van der Waals surface area contributed by atoms with Gasteiger partial charge >= 0.3 is 0 Å². The van der Waals surface area contributed by atoms with Gasteiger partial charge in [0.05, 0.1) is 4.90 Å². The van der Waals surface area contributed by atoms with Crippen LogP contribution in [0.4, 0.5) is 5.69 Å². The minimum absolute atomic E-state index is 0.148. The van der Waals surface area contributed by atoms with Crippen molar-refractivity contribution in [2.45, 2.75) is 24.7 Å². The lowest BCUT2D eigenvalue weighted by Gasteiger charge is -2.18. The predicted molar refractivity (Wildman–Crippen MR) is 102 cm³/mol. The number of carbonyl (C=O) groups excluding carboxylic acids is 1. The summed E-state index contributed by atoms with van der Waals surface area (Å²) in [5, 5.41) is 2.75. The number of anilines is 1. The normalized spacial score (nSPS) is 13.3. The molecule has 144 valence electrons. The van der Waals surface area contributed by atoms with Gasteiger partial charge in [-0.15, -0.1) is 0 Å². The Morgan fingerprint density at radius 3 is 2.56 bits per heavy atom. The molecule has 0 aliphatic carbocycles. The van der Waals surface area contributed by atoms with Crippen LogP contribution in [-0.2, 0) is 21.2 Å². The first-order valence-electron chi connectivity index (χ1n) is 8.61. The summed E-state index contributed by atoms with van der Waals surface area (Å²) in [5.41, 5.74) is 2.02. The van der Waals surface area contributed by atoms with Gasteiger partial charge in [0, 0.05) is 12.1 Å². The largest absolute Gasteiger partial charge is 0.486 e. The van der Waals surface area contributed by atoms with Gasteiger partial charge in [0.25, 0.3) is 0 Å². The van der Waals surface area contributed by atoms with Crippen LogP contribution in [0.15, 0.2) is 41.3 Å². The van der Waals surface area contributed by atoms with Gasteiger partial charge < -0.3 is 14.8 Å². The molecule has 3 rings (SSSR count). The van der Waals surface area contributed by atoms with Crippen molar-refractivity contribution in [1.29, 1.82) is 0 Å². The van der Waals surface area contributed by atoms with E-state index in [2.05, 4.69) is 10.0 Å². The highest BCUT2D eigenvalue weighted by Gasteiger charge is 2.16. The second-order valence-electron chi connectivity index (χ2n) is 6.21. The predicted octanol–water partition coefficient (Wildman–Crippen LogP) is 2.25. The van der Waals surface area contributed by atoms with Gasteiger partial charge in [-0.05, 0) is 55.8 Å². The number of ether oxygens (including phenoxy) is 2. The Balaban J connectivity index is 1.64. The Morgan fingerprint density at radius 2 is 1.81 bits per heavy atom. The Kier molecular flexibility index (Phi) is 5.67. The average Bonchev–Trinajstić information content (AvgIpc) is 2.67. The second-order valence-corrected chi connectivity index (χ2v) is 8.07. The molecule has 1 heterocycles. The average molecular weight is 390 g/mol. The number of hydrogen-bond acceptors (Lipinski definition) is 5. The summed E-state index contributed by atoms with van der Waals surface area (Å²) in [4.78, 5) is 12.4. The van der Waals surface area contributed by atoms with E-state index < -0.39 is 10.0 Å². The lowest BCUT2D eigenvalue weighted by molar-refractivity contribution is -0.116. The SMILES string of the molecule is CNS(=O)(=O)c1cc(NC(=O)CCc2ccc3c(c2)OCCO3)ccc1C. The first-order chi connectivity index (χ1) is 12.9. The van der Waals surface area contributed by atoms with Crippen molar-refractivity contribution in [1.82, 2.24) is 4.72 Å². The van der Waals surface area contributed by atoms with E-state index in [-0.39, 0.29) is 17.2 Å². The molecule has 27 heavy (non-hydrogen) atoms. The molecule has 2 N–H and O–H groups in total. The lowest BCUT2D eigenvalue weighted by atomic mass is 10.1. The van der Waals surface area contributed by atoms with Crippen LogP contribution in [-0.4, -0.2) is 34.6 Å². The van der Waals surface area contributed by atoms with Crippen LogP contribution in [0.2, 0.25) is 0 Å². The first kappa shape index (κ1) is 19.2. The highest BCUT2D eigenvalue weighted by atomic mass is 32.2. The van der Waals surface area contributed by atoms with Gasteiger partial charge in [-0.3, -0.25) is 4.79 Å². The maximum atomic E-state index is 12.3. The minimum atomic E-state index is -3.58. The zero-order chi connectivity index (χ0) is 19.4. The zero-order valence-corrected chi connectivity index (χ0v) is 16.1. The molecule has 1 amide bonds. The summed E-state index contributed by atoms with van der Waals surface area (Å²) >= 11 is 0. The lowest BCUT2D eigenvalue weighted by Crippen LogP contribution is -2.20. The van der Waals surface area contributed by atoms with Gasteiger partial charge in [-0.2, -0.15) is 0 Å². The van der Waals surface area contributed by atoms with Crippen molar-refractivity contribution in [2.75, 3.05) is 25.6 Å². The van der Waals surface area contributed by atoms with Crippen molar-refractivity contribution in [2.24, 2.45) is 0 Å². The standard InChI is InChI=1S/C19H22N2O5S/c1-13-3-6-15(12-18(13)27(23,24)20-2)21-19(22)8-5-14-4-7-16-17(11-14)26-10-9-25-16/h3-4,6-7,11-12,20H,5,8-10H2,1-2H3,(H,21,22). The fraction of sp³-hybridized carbons (Fsp3) is 0.316. The fourth-order valence-corrected chi connectivity index (χ4v) is 3.80. The molecule has 0 bridgehead atoms. The minimum Gasteiger partial charge on any atom is -0.486 e. The summed E-state index contributed by atoms with van der Waals surface area (Å²) in [6.07, 6.45) is 0.803. The Bertz CT molecular complexity index is 957. The monoisotopic (exact) mass is 390 g/mol. The molecular formula is C19H22N2O5S. The number of fused-ring (bicyclic) bond motifs is 1. The van der Waals surface area contributed by atoms with Crippen LogP contribution in [0.5, 0.6) is 11.5 Å². The number of nitrogens with one attached hydrogen (secondary N) is 2. The molecule has 0 radical (unpaired) electrons. The van der Waals surface area contributed by atoms with E-state index in [4.69, 9.17) is 9.47 Å². The van der Waals surface area contributed by atoms with E-state index >= 15 is 0 Å². The summed E-state index contributed by atoms with van der Waals surface area (Å²) in [6, 6.07) is 10.4. The van der Waals surface area contributed by atoms with Crippen LogP contribution in [0, 0.1) is 6.92 Å². The summed E-state index contributed by atoms with van der Waals surface area (Å²) in [5.74, 6) is 1.22. The smallest absolute Gasteiger partial charge is 0.240 e. The number of amides is 1. The molecule has 0 spiro atoms. The van der Waals surface area contributed by atoms with E-state index in [9.17, 15) is 13.2 Å². The van der Waals surface area contributed by atoms with Gasteiger partial charge in [0.2, 0.25) is 15.9 Å². The summed E-state index contributed by atoms with van der Waals surface area (Å²) in [6.45, 7) is 2.76. The summed E-state index contributed by atoms with van der Waals surface area (Å²) < 4.78 is 37.4. The number of carbonyl (C=O) groups is 1. The maximum absolute atomic E-state index is 12.3. The third-order valence-corrected chi connectivity index (χ3v) is 5.83. The molecule has 0 saturated carbocycles. The van der Waals surface area contributed by atoms with Crippen molar-refractivity contribution >= 4 is 21.6 Å². The Morgan fingerprint density at radius 1 is 1.07 bits per heavy atom. The van der Waals surface area contributed by atoms with E-state index in [1.807, 2.05) is 18.2 Å². The topological polar surface area (TPSA) is 93.7 Å². The van der Waals surface area contributed by atoms with Crippen molar-refractivity contribution in [3.05, 3.63) is 47.5 Å². The summed E-state index contributed by atoms with van der Waals surface area (Å²) in [7, 11) is -2.22. The zero-order valence-electron chi connectivity index (χ0n) is 15.2. The highest BCUT2D eigenvalue weighted by molar-refractivity contribution is 7.89. The number of benzene rings is 2. The molecule has 7 nitrogen and oxygen atoms in total. The quantitative estimate of drug-likeness (QED) is 0.789. The molecule has 2 aromatic rings. The molecule has 0 aromatic heterocycles. The molecular weight excluding hydrogens is 368 g/mol. The van der Waals surface area contributed by atoms with Crippen LogP contribution >= 0.6 is 0 Å². The molecule has 2 aromatic carbocycles.